The van der Waals surface area contributed by atoms with E-state index in [1.807, 2.05) is 27.0 Å². The van der Waals surface area contributed by atoms with Gasteiger partial charge in [0.1, 0.15) is 0 Å². The van der Waals surface area contributed by atoms with Gasteiger partial charge in [0.05, 0.1) is 4.90 Å². The zero-order chi connectivity index (χ0) is 14.9. The molecule has 1 N–H and O–H groups in total. The van der Waals surface area contributed by atoms with Crippen LogP contribution < -0.4 is 5.32 Å². The van der Waals surface area contributed by atoms with Gasteiger partial charge in [0.2, 0.25) is 10.0 Å². The van der Waals surface area contributed by atoms with Crippen LogP contribution >= 0.6 is 15.9 Å². The maximum Gasteiger partial charge on any atom is 0.243 e. The number of aryl methyl sites for hydroxylation is 2. The van der Waals surface area contributed by atoms with Crippen LogP contribution in [0.2, 0.25) is 0 Å². The van der Waals surface area contributed by atoms with Crippen molar-refractivity contribution in [2.75, 3.05) is 26.7 Å². The summed E-state index contributed by atoms with van der Waals surface area (Å²) in [6.45, 7) is 5.85. The predicted octanol–water partition coefficient (Wildman–Crippen LogP) is 2.30. The smallest absolute Gasteiger partial charge is 0.243 e. The summed E-state index contributed by atoms with van der Waals surface area (Å²) in [6.07, 6.45) is 0.925. The van der Waals surface area contributed by atoms with E-state index in [-0.39, 0.29) is 0 Å². The van der Waals surface area contributed by atoms with Crippen molar-refractivity contribution in [1.29, 1.82) is 0 Å². The van der Waals surface area contributed by atoms with E-state index in [2.05, 4.69) is 21.2 Å². The van der Waals surface area contributed by atoms with E-state index in [1.54, 1.807) is 10.4 Å². The summed E-state index contributed by atoms with van der Waals surface area (Å²) in [7, 11) is -1.47. The highest BCUT2D eigenvalue weighted by atomic mass is 79.9. The highest BCUT2D eigenvalue weighted by Gasteiger charge is 2.33. The van der Waals surface area contributed by atoms with Gasteiger partial charge in [-0.25, -0.2) is 8.42 Å². The Bertz CT molecular complexity index is 601. The fraction of sp³-hybridized carbons (Fsp3) is 0.571. The second-order valence-electron chi connectivity index (χ2n) is 5.44. The van der Waals surface area contributed by atoms with Crippen LogP contribution in [0, 0.1) is 19.8 Å². The number of hydrogen-bond acceptors (Lipinski definition) is 3. The lowest BCUT2D eigenvalue weighted by Gasteiger charge is -2.19. The van der Waals surface area contributed by atoms with Crippen molar-refractivity contribution in [2.45, 2.75) is 25.2 Å². The zero-order valence-electron chi connectivity index (χ0n) is 12.1. The molecular formula is C14H21BrN2O2S. The van der Waals surface area contributed by atoms with Crippen molar-refractivity contribution in [2.24, 2.45) is 5.92 Å². The average molecular weight is 361 g/mol. The Hall–Kier alpha value is -0.430. The molecule has 1 aromatic carbocycles. The molecule has 0 aromatic heterocycles. The van der Waals surface area contributed by atoms with E-state index in [1.165, 1.54) is 0 Å². The summed E-state index contributed by atoms with van der Waals surface area (Å²) in [4.78, 5) is 0.434. The van der Waals surface area contributed by atoms with Crippen molar-refractivity contribution in [1.82, 2.24) is 9.62 Å². The second kappa shape index (κ2) is 6.13. The molecule has 0 aliphatic carbocycles. The van der Waals surface area contributed by atoms with E-state index >= 15 is 0 Å². The van der Waals surface area contributed by atoms with Gasteiger partial charge in [-0.1, -0.05) is 15.9 Å². The van der Waals surface area contributed by atoms with E-state index < -0.39 is 10.0 Å². The molecule has 0 bridgehead atoms. The lowest BCUT2D eigenvalue weighted by molar-refractivity contribution is 0.451. The first-order valence-electron chi connectivity index (χ1n) is 6.77. The quantitative estimate of drug-likeness (QED) is 0.895. The van der Waals surface area contributed by atoms with Gasteiger partial charge in [0.15, 0.2) is 0 Å². The van der Waals surface area contributed by atoms with Crippen LogP contribution in [0.3, 0.4) is 0 Å². The maximum atomic E-state index is 12.8. The Morgan fingerprint density at radius 3 is 2.70 bits per heavy atom. The number of nitrogens with zero attached hydrogens (tertiary/aromatic N) is 1. The normalized spacial score (nSPS) is 20.5. The maximum absolute atomic E-state index is 12.8. The molecule has 1 aliphatic heterocycles. The molecule has 112 valence electrons. The number of benzene rings is 1. The monoisotopic (exact) mass is 360 g/mol. The van der Waals surface area contributed by atoms with Gasteiger partial charge in [-0.05, 0) is 63.0 Å². The summed E-state index contributed by atoms with van der Waals surface area (Å²) in [5, 5.41) is 3.12. The summed E-state index contributed by atoms with van der Waals surface area (Å²) < 4.78 is 28.1. The molecule has 2 rings (SSSR count). The van der Waals surface area contributed by atoms with Gasteiger partial charge in [-0.2, -0.15) is 4.31 Å². The Morgan fingerprint density at radius 1 is 1.35 bits per heavy atom. The molecule has 1 atom stereocenters. The lowest BCUT2D eigenvalue weighted by atomic mass is 10.1. The van der Waals surface area contributed by atoms with E-state index in [0.29, 0.717) is 23.9 Å². The van der Waals surface area contributed by atoms with Crippen LogP contribution in [-0.4, -0.2) is 39.4 Å². The lowest BCUT2D eigenvalue weighted by Crippen LogP contribution is -2.31. The fourth-order valence-electron chi connectivity index (χ4n) is 2.64. The van der Waals surface area contributed by atoms with E-state index in [9.17, 15) is 8.42 Å². The van der Waals surface area contributed by atoms with Crippen molar-refractivity contribution >= 4 is 26.0 Å². The van der Waals surface area contributed by atoms with Gasteiger partial charge in [0, 0.05) is 17.6 Å². The van der Waals surface area contributed by atoms with Gasteiger partial charge in [-0.3, -0.25) is 0 Å². The molecule has 1 unspecified atom stereocenters. The highest BCUT2D eigenvalue weighted by Crippen LogP contribution is 2.29. The summed E-state index contributed by atoms with van der Waals surface area (Å²) >= 11 is 3.44. The van der Waals surface area contributed by atoms with E-state index in [4.69, 9.17) is 0 Å². The van der Waals surface area contributed by atoms with Gasteiger partial charge in [-0.15, -0.1) is 0 Å². The number of halogens is 1. The largest absolute Gasteiger partial charge is 0.319 e. The van der Waals surface area contributed by atoms with Crippen LogP contribution in [0.4, 0.5) is 0 Å². The molecule has 1 aromatic rings. The van der Waals surface area contributed by atoms with E-state index in [0.717, 1.165) is 28.6 Å². The highest BCUT2D eigenvalue weighted by molar-refractivity contribution is 9.10. The van der Waals surface area contributed by atoms with Crippen LogP contribution in [0.1, 0.15) is 17.5 Å². The first-order valence-corrected chi connectivity index (χ1v) is 9.01. The summed E-state index contributed by atoms with van der Waals surface area (Å²) in [5.74, 6) is 0.409. The SMILES string of the molecule is CNCC1CCN(S(=O)(=O)c2cc(C)c(Br)cc2C)C1. The third-order valence-electron chi connectivity index (χ3n) is 3.82. The molecule has 1 saturated heterocycles. The minimum Gasteiger partial charge on any atom is -0.319 e. The molecule has 0 radical (unpaired) electrons. The van der Waals surface area contributed by atoms with Crippen molar-refractivity contribution in [3.63, 3.8) is 0 Å². The second-order valence-corrected chi connectivity index (χ2v) is 8.20. The third kappa shape index (κ3) is 3.08. The molecule has 1 heterocycles. The van der Waals surface area contributed by atoms with Crippen molar-refractivity contribution < 1.29 is 8.42 Å². The predicted molar refractivity (Wildman–Crippen MR) is 84.4 cm³/mol. The molecule has 1 fully saturated rings. The molecular weight excluding hydrogens is 340 g/mol. The minimum atomic E-state index is -3.38. The van der Waals surface area contributed by atoms with Crippen LogP contribution in [-0.2, 0) is 10.0 Å². The Labute approximate surface area is 129 Å². The number of hydrogen-bond donors (Lipinski definition) is 1. The number of sulfonamides is 1. The third-order valence-corrected chi connectivity index (χ3v) is 6.68. The minimum absolute atomic E-state index is 0.409. The molecule has 4 nitrogen and oxygen atoms in total. The Balaban J connectivity index is 2.30. The van der Waals surface area contributed by atoms with Gasteiger partial charge in [0.25, 0.3) is 0 Å². The zero-order valence-corrected chi connectivity index (χ0v) is 14.5. The Kier molecular flexibility index (Phi) is 4.89. The molecule has 20 heavy (non-hydrogen) atoms. The first kappa shape index (κ1) is 15.9. The number of rotatable bonds is 4. The first-order chi connectivity index (χ1) is 9.36. The molecule has 0 amide bonds. The van der Waals surface area contributed by atoms with Crippen LogP contribution in [0.5, 0.6) is 0 Å². The number of nitrogens with one attached hydrogen (secondary N) is 1. The fourth-order valence-corrected chi connectivity index (χ4v) is 4.92. The molecule has 1 aliphatic rings. The average Bonchev–Trinajstić information content (AvgIpc) is 2.83. The van der Waals surface area contributed by atoms with Gasteiger partial charge < -0.3 is 5.32 Å². The molecule has 0 spiro atoms. The van der Waals surface area contributed by atoms with Crippen LogP contribution in [0.15, 0.2) is 21.5 Å². The Morgan fingerprint density at radius 2 is 2.05 bits per heavy atom. The topological polar surface area (TPSA) is 49.4 Å². The molecule has 0 saturated carbocycles. The summed E-state index contributed by atoms with van der Waals surface area (Å²) in [6, 6.07) is 3.64. The van der Waals surface area contributed by atoms with Gasteiger partial charge >= 0.3 is 0 Å². The summed E-state index contributed by atoms with van der Waals surface area (Å²) in [5.41, 5.74) is 1.74. The van der Waals surface area contributed by atoms with Crippen molar-refractivity contribution in [3.8, 4) is 0 Å². The van der Waals surface area contributed by atoms with Crippen LogP contribution in [0.25, 0.3) is 0 Å². The van der Waals surface area contributed by atoms with Crippen molar-refractivity contribution in [3.05, 3.63) is 27.7 Å². The molecule has 6 heteroatoms. The standard InChI is InChI=1S/C14H21BrN2O2S/c1-10-7-14(11(2)6-13(10)15)20(18,19)17-5-4-12(9-17)8-16-3/h6-7,12,16H,4-5,8-9H2,1-3H3.